The van der Waals surface area contributed by atoms with Gasteiger partial charge in [-0.3, -0.25) is 9.59 Å². The van der Waals surface area contributed by atoms with Crippen molar-refractivity contribution in [2.45, 2.75) is 38.6 Å². The Morgan fingerprint density at radius 3 is 2.19 bits per heavy atom. The first-order valence-corrected chi connectivity index (χ1v) is 7.67. The molecule has 0 saturated heterocycles. The van der Waals surface area contributed by atoms with E-state index in [1.54, 1.807) is 14.2 Å². The summed E-state index contributed by atoms with van der Waals surface area (Å²) in [5.74, 6) is -0.579. The van der Waals surface area contributed by atoms with Crippen molar-refractivity contribution in [2.75, 3.05) is 40.5 Å². The predicted octanol–water partition coefficient (Wildman–Crippen LogP) is 0.803. The molecule has 0 spiro atoms. The number of hydrogen-bond donors (Lipinski definition) is 1. The Bertz CT molecular complexity index is 328. The van der Waals surface area contributed by atoms with Crippen molar-refractivity contribution in [3.8, 4) is 0 Å². The van der Waals surface area contributed by atoms with Crippen molar-refractivity contribution in [1.29, 1.82) is 0 Å². The summed E-state index contributed by atoms with van der Waals surface area (Å²) >= 11 is 0. The second-order valence-corrected chi connectivity index (χ2v) is 5.62. The Morgan fingerprint density at radius 1 is 1.10 bits per heavy atom. The minimum absolute atomic E-state index is 0.113. The largest absolute Gasteiger partial charge is 0.383 e. The van der Waals surface area contributed by atoms with Gasteiger partial charge >= 0.3 is 11.8 Å². The molecule has 1 saturated carbocycles. The van der Waals surface area contributed by atoms with Crippen molar-refractivity contribution in [3.05, 3.63) is 0 Å². The lowest BCUT2D eigenvalue weighted by Crippen LogP contribution is -2.50. The maximum Gasteiger partial charge on any atom is 0.312 e. The normalized spacial score (nSPS) is 21.9. The average molecular weight is 300 g/mol. The van der Waals surface area contributed by atoms with Gasteiger partial charge in [-0.1, -0.05) is 19.8 Å². The molecule has 0 aliphatic heterocycles. The lowest BCUT2D eigenvalue weighted by molar-refractivity contribution is -0.147. The molecule has 0 bridgehead atoms. The van der Waals surface area contributed by atoms with E-state index in [1.807, 2.05) is 0 Å². The van der Waals surface area contributed by atoms with Crippen LogP contribution in [-0.2, 0) is 19.1 Å². The summed E-state index contributed by atoms with van der Waals surface area (Å²) in [4.78, 5) is 25.9. The molecule has 1 fully saturated rings. The molecule has 6 heteroatoms. The molecule has 21 heavy (non-hydrogen) atoms. The van der Waals surface area contributed by atoms with Gasteiger partial charge in [-0.25, -0.2) is 0 Å². The minimum atomic E-state index is -0.513. The van der Waals surface area contributed by atoms with Gasteiger partial charge < -0.3 is 19.7 Å². The third kappa shape index (κ3) is 6.01. The molecule has 2 amide bonds. The van der Waals surface area contributed by atoms with Crippen LogP contribution in [0.1, 0.15) is 32.6 Å². The van der Waals surface area contributed by atoms with Crippen LogP contribution >= 0.6 is 0 Å². The van der Waals surface area contributed by atoms with Crippen molar-refractivity contribution in [3.63, 3.8) is 0 Å². The summed E-state index contributed by atoms with van der Waals surface area (Å²) in [6.45, 7) is 3.73. The highest BCUT2D eigenvalue weighted by Gasteiger charge is 2.27. The Hall–Kier alpha value is -1.14. The standard InChI is InChI=1S/C15H28N2O4/c1-12-6-4-5-7-13(12)16-14(18)15(19)17(8-10-20-2)9-11-21-3/h12-13H,4-11H2,1-3H3,(H,16,18). The van der Waals surface area contributed by atoms with Crippen LogP contribution in [0, 0.1) is 5.92 Å². The number of amides is 2. The quantitative estimate of drug-likeness (QED) is 0.706. The van der Waals surface area contributed by atoms with Crippen LogP contribution in [0.15, 0.2) is 0 Å². The molecule has 0 radical (unpaired) electrons. The van der Waals surface area contributed by atoms with Crippen molar-refractivity contribution < 1.29 is 19.1 Å². The highest BCUT2D eigenvalue weighted by molar-refractivity contribution is 6.35. The number of methoxy groups -OCH3 is 2. The Labute approximate surface area is 127 Å². The first-order valence-electron chi connectivity index (χ1n) is 7.67. The fraction of sp³-hybridized carbons (Fsp3) is 0.867. The van der Waals surface area contributed by atoms with E-state index in [2.05, 4.69) is 12.2 Å². The van der Waals surface area contributed by atoms with Gasteiger partial charge in [0.1, 0.15) is 0 Å². The Balaban J connectivity index is 2.53. The van der Waals surface area contributed by atoms with E-state index in [4.69, 9.17) is 9.47 Å². The Morgan fingerprint density at radius 2 is 1.67 bits per heavy atom. The van der Waals surface area contributed by atoms with Gasteiger partial charge in [-0.05, 0) is 18.8 Å². The van der Waals surface area contributed by atoms with Gasteiger partial charge in [-0.2, -0.15) is 0 Å². The van der Waals surface area contributed by atoms with Crippen LogP contribution in [-0.4, -0.2) is 63.3 Å². The molecule has 1 rings (SSSR count). The number of carbonyl (C=O) groups excluding carboxylic acids is 2. The number of rotatable bonds is 7. The zero-order valence-electron chi connectivity index (χ0n) is 13.4. The molecule has 0 heterocycles. The molecule has 0 aromatic heterocycles. The van der Waals surface area contributed by atoms with E-state index in [0.29, 0.717) is 32.2 Å². The first-order chi connectivity index (χ1) is 10.1. The van der Waals surface area contributed by atoms with Gasteiger partial charge in [0.2, 0.25) is 0 Å². The smallest absolute Gasteiger partial charge is 0.312 e. The SMILES string of the molecule is COCCN(CCOC)C(=O)C(=O)NC1CCCCC1C. The van der Waals surface area contributed by atoms with Gasteiger partial charge in [0.15, 0.2) is 0 Å². The molecule has 1 aliphatic rings. The lowest BCUT2D eigenvalue weighted by Gasteiger charge is -2.30. The summed E-state index contributed by atoms with van der Waals surface area (Å²) in [5.41, 5.74) is 0. The van der Waals surface area contributed by atoms with E-state index >= 15 is 0 Å². The molecule has 2 atom stereocenters. The van der Waals surface area contributed by atoms with Crippen molar-refractivity contribution >= 4 is 11.8 Å². The number of nitrogens with one attached hydrogen (secondary N) is 1. The zero-order valence-corrected chi connectivity index (χ0v) is 13.4. The third-order valence-electron chi connectivity index (χ3n) is 4.04. The summed E-state index contributed by atoms with van der Waals surface area (Å²) in [5, 5.41) is 2.89. The summed E-state index contributed by atoms with van der Waals surface area (Å²) in [6.07, 6.45) is 4.38. The Kier molecular flexibility index (Phi) is 8.30. The number of ether oxygens (including phenoxy) is 2. The number of carbonyl (C=O) groups is 2. The van der Waals surface area contributed by atoms with Crippen LogP contribution in [0.5, 0.6) is 0 Å². The van der Waals surface area contributed by atoms with E-state index in [0.717, 1.165) is 19.3 Å². The minimum Gasteiger partial charge on any atom is -0.383 e. The highest BCUT2D eigenvalue weighted by atomic mass is 16.5. The van der Waals surface area contributed by atoms with Crippen LogP contribution in [0.25, 0.3) is 0 Å². The number of hydrogen-bond acceptors (Lipinski definition) is 4. The van der Waals surface area contributed by atoms with Gasteiger partial charge in [0.05, 0.1) is 13.2 Å². The van der Waals surface area contributed by atoms with Crippen molar-refractivity contribution in [2.24, 2.45) is 5.92 Å². The van der Waals surface area contributed by atoms with Crippen LogP contribution < -0.4 is 5.32 Å². The molecule has 0 aromatic carbocycles. The lowest BCUT2D eigenvalue weighted by atomic mass is 9.86. The topological polar surface area (TPSA) is 67.9 Å². The maximum atomic E-state index is 12.2. The van der Waals surface area contributed by atoms with E-state index < -0.39 is 11.8 Å². The first kappa shape index (κ1) is 17.9. The number of nitrogens with zero attached hydrogens (tertiary/aromatic N) is 1. The summed E-state index contributed by atoms with van der Waals surface area (Å²) in [7, 11) is 3.14. The molecule has 122 valence electrons. The molecule has 2 unspecified atom stereocenters. The van der Waals surface area contributed by atoms with Gasteiger partial charge in [0.25, 0.3) is 0 Å². The van der Waals surface area contributed by atoms with Gasteiger partial charge in [-0.15, -0.1) is 0 Å². The zero-order chi connectivity index (χ0) is 15.7. The fourth-order valence-electron chi connectivity index (χ4n) is 2.62. The van der Waals surface area contributed by atoms with E-state index in [1.165, 1.54) is 11.3 Å². The van der Waals surface area contributed by atoms with E-state index in [9.17, 15) is 9.59 Å². The predicted molar refractivity (Wildman–Crippen MR) is 79.9 cm³/mol. The fourth-order valence-corrected chi connectivity index (χ4v) is 2.62. The summed E-state index contributed by atoms with van der Waals surface area (Å²) in [6, 6.07) is 0.113. The monoisotopic (exact) mass is 300 g/mol. The van der Waals surface area contributed by atoms with Crippen LogP contribution in [0.3, 0.4) is 0 Å². The van der Waals surface area contributed by atoms with Crippen LogP contribution in [0.2, 0.25) is 0 Å². The molecule has 0 aromatic rings. The molecular formula is C15H28N2O4. The van der Waals surface area contributed by atoms with E-state index in [-0.39, 0.29) is 6.04 Å². The highest BCUT2D eigenvalue weighted by Crippen LogP contribution is 2.23. The molecule has 6 nitrogen and oxygen atoms in total. The third-order valence-corrected chi connectivity index (χ3v) is 4.04. The van der Waals surface area contributed by atoms with Gasteiger partial charge in [0, 0.05) is 33.4 Å². The second-order valence-electron chi connectivity index (χ2n) is 5.62. The van der Waals surface area contributed by atoms with Crippen molar-refractivity contribution in [1.82, 2.24) is 10.2 Å². The van der Waals surface area contributed by atoms with Crippen LogP contribution in [0.4, 0.5) is 0 Å². The molecular weight excluding hydrogens is 272 g/mol. The average Bonchev–Trinajstić information content (AvgIpc) is 2.49. The molecule has 1 aliphatic carbocycles. The second kappa shape index (κ2) is 9.73. The summed E-state index contributed by atoms with van der Waals surface area (Å²) < 4.78 is 9.97. The maximum absolute atomic E-state index is 12.2. The molecule has 1 N–H and O–H groups in total.